The second kappa shape index (κ2) is 4.49. The van der Waals surface area contributed by atoms with Gasteiger partial charge in [-0.1, -0.05) is 23.5 Å². The molecule has 4 rings (SSSR count). The van der Waals surface area contributed by atoms with Crippen molar-refractivity contribution >= 4 is 28.3 Å². The zero-order valence-electron chi connectivity index (χ0n) is 11.0. The van der Waals surface area contributed by atoms with E-state index in [0.717, 1.165) is 30.1 Å². The van der Waals surface area contributed by atoms with Crippen LogP contribution in [0.5, 0.6) is 0 Å². The number of aromatic nitrogens is 1. The Balaban J connectivity index is 1.70. The van der Waals surface area contributed by atoms with Gasteiger partial charge in [-0.25, -0.2) is 9.88 Å². The number of fused-ring (bicyclic) bond motifs is 2. The number of carbonyl (C=O) groups excluding carboxylic acids is 2. The van der Waals surface area contributed by atoms with Crippen molar-refractivity contribution in [1.29, 1.82) is 0 Å². The van der Waals surface area contributed by atoms with E-state index in [2.05, 4.69) is 10.3 Å². The predicted octanol–water partition coefficient (Wildman–Crippen LogP) is 1.24. The summed E-state index contributed by atoms with van der Waals surface area (Å²) in [6, 6.07) is 0. The first-order valence-corrected chi connectivity index (χ1v) is 7.79. The zero-order chi connectivity index (χ0) is 13.7. The first-order valence-electron chi connectivity index (χ1n) is 6.98. The minimum absolute atomic E-state index is 0.0663. The molecule has 0 saturated carbocycles. The van der Waals surface area contributed by atoms with Gasteiger partial charge >= 0.3 is 0 Å². The molecule has 1 saturated heterocycles. The van der Waals surface area contributed by atoms with E-state index in [4.69, 9.17) is 0 Å². The molecule has 0 radical (unpaired) electrons. The second-order valence-electron chi connectivity index (χ2n) is 5.46. The molecule has 1 aromatic rings. The third-order valence-corrected chi connectivity index (χ3v) is 5.37. The lowest BCUT2D eigenvalue weighted by Gasteiger charge is -2.14. The van der Waals surface area contributed by atoms with E-state index in [9.17, 15) is 9.59 Å². The summed E-state index contributed by atoms with van der Waals surface area (Å²) in [7, 11) is 0. The largest absolute Gasteiger partial charge is 0.311 e. The van der Waals surface area contributed by atoms with Gasteiger partial charge in [-0.3, -0.25) is 9.59 Å². The first kappa shape index (κ1) is 12.2. The van der Waals surface area contributed by atoms with Crippen LogP contribution in [0.4, 0.5) is 5.13 Å². The van der Waals surface area contributed by atoms with Crippen LogP contribution in [-0.4, -0.2) is 23.3 Å². The molecule has 1 aliphatic carbocycles. The Hall–Kier alpha value is -1.53. The Morgan fingerprint density at radius 1 is 1.20 bits per heavy atom. The maximum absolute atomic E-state index is 12.5. The maximum atomic E-state index is 12.5. The van der Waals surface area contributed by atoms with E-state index in [1.807, 2.05) is 12.2 Å². The van der Waals surface area contributed by atoms with Gasteiger partial charge in [0.25, 0.3) is 0 Å². The number of amides is 2. The van der Waals surface area contributed by atoms with Crippen LogP contribution in [0.1, 0.15) is 23.4 Å². The number of hydrogen-bond acceptors (Lipinski definition) is 5. The normalized spacial score (nSPS) is 28.7. The SMILES string of the molecule is O=C1C2CC=CCC2C(=O)N1c1nc2c(s1)CNCC2. The highest BCUT2D eigenvalue weighted by Gasteiger charge is 2.49. The Morgan fingerprint density at radius 3 is 2.55 bits per heavy atom. The maximum Gasteiger partial charge on any atom is 0.239 e. The quantitative estimate of drug-likeness (QED) is 0.624. The molecular weight excluding hydrogens is 274 g/mol. The van der Waals surface area contributed by atoms with Gasteiger partial charge in [0.1, 0.15) is 0 Å². The molecule has 6 heteroatoms. The number of allylic oxidation sites excluding steroid dienone is 2. The number of rotatable bonds is 1. The topological polar surface area (TPSA) is 62.3 Å². The first-order chi connectivity index (χ1) is 9.75. The van der Waals surface area contributed by atoms with Crippen LogP contribution in [0.2, 0.25) is 0 Å². The van der Waals surface area contributed by atoms with E-state index in [1.165, 1.54) is 16.2 Å². The molecule has 20 heavy (non-hydrogen) atoms. The number of anilines is 1. The molecular formula is C14H15N3O2S. The summed E-state index contributed by atoms with van der Waals surface area (Å²) in [6.07, 6.45) is 6.24. The van der Waals surface area contributed by atoms with Crippen molar-refractivity contribution in [3.05, 3.63) is 22.7 Å². The van der Waals surface area contributed by atoms with Crippen molar-refractivity contribution in [2.24, 2.45) is 11.8 Å². The monoisotopic (exact) mass is 289 g/mol. The summed E-state index contributed by atoms with van der Waals surface area (Å²) in [4.78, 5) is 32.0. The van der Waals surface area contributed by atoms with Gasteiger partial charge in [-0.2, -0.15) is 0 Å². The van der Waals surface area contributed by atoms with Crippen LogP contribution < -0.4 is 10.2 Å². The average Bonchev–Trinajstić information content (AvgIpc) is 3.00. The fourth-order valence-corrected chi connectivity index (χ4v) is 4.28. The van der Waals surface area contributed by atoms with Crippen LogP contribution in [0.3, 0.4) is 0 Å². The number of hydrogen-bond donors (Lipinski definition) is 1. The van der Waals surface area contributed by atoms with Crippen LogP contribution in [0.15, 0.2) is 12.2 Å². The van der Waals surface area contributed by atoms with Crippen LogP contribution >= 0.6 is 11.3 Å². The molecule has 104 valence electrons. The summed E-state index contributed by atoms with van der Waals surface area (Å²) >= 11 is 1.48. The van der Waals surface area contributed by atoms with E-state index < -0.39 is 0 Å². The van der Waals surface area contributed by atoms with Gasteiger partial charge in [-0.05, 0) is 12.8 Å². The Labute approximate surface area is 120 Å². The van der Waals surface area contributed by atoms with Gasteiger partial charge in [-0.15, -0.1) is 0 Å². The third kappa shape index (κ3) is 1.68. The number of thiazole rings is 1. The van der Waals surface area contributed by atoms with Crippen molar-refractivity contribution < 1.29 is 9.59 Å². The average molecular weight is 289 g/mol. The fourth-order valence-electron chi connectivity index (χ4n) is 3.20. The van der Waals surface area contributed by atoms with E-state index >= 15 is 0 Å². The molecule has 2 aliphatic heterocycles. The standard InChI is InChI=1S/C14H15N3O2S/c18-12-8-3-1-2-4-9(8)13(19)17(12)14-16-10-5-6-15-7-11(10)20-14/h1-2,8-9,15H,3-7H2. The van der Waals surface area contributed by atoms with Crippen molar-refractivity contribution in [3.63, 3.8) is 0 Å². The number of carbonyl (C=O) groups is 2. The highest BCUT2D eigenvalue weighted by atomic mass is 32.1. The number of nitrogens with one attached hydrogen (secondary N) is 1. The summed E-state index contributed by atoms with van der Waals surface area (Å²) in [5.74, 6) is -0.482. The molecule has 1 N–H and O–H groups in total. The Bertz CT molecular complexity index is 572. The van der Waals surface area contributed by atoms with E-state index in [-0.39, 0.29) is 23.7 Å². The zero-order valence-corrected chi connectivity index (χ0v) is 11.8. The van der Waals surface area contributed by atoms with Gasteiger partial charge in [0.2, 0.25) is 11.8 Å². The van der Waals surface area contributed by atoms with Crippen LogP contribution in [0, 0.1) is 11.8 Å². The minimum Gasteiger partial charge on any atom is -0.311 e. The molecule has 2 atom stereocenters. The van der Waals surface area contributed by atoms with Crippen molar-refractivity contribution in [3.8, 4) is 0 Å². The summed E-state index contributed by atoms with van der Waals surface area (Å²) < 4.78 is 0. The third-order valence-electron chi connectivity index (χ3n) is 4.29. The predicted molar refractivity (Wildman–Crippen MR) is 75.4 cm³/mol. The molecule has 1 fully saturated rings. The minimum atomic E-state index is -0.174. The van der Waals surface area contributed by atoms with Crippen molar-refractivity contribution in [1.82, 2.24) is 10.3 Å². The van der Waals surface area contributed by atoms with Crippen molar-refractivity contribution in [2.75, 3.05) is 11.4 Å². The lowest BCUT2D eigenvalue weighted by Crippen LogP contribution is -2.30. The van der Waals surface area contributed by atoms with Gasteiger partial charge in [0, 0.05) is 24.4 Å². The van der Waals surface area contributed by atoms with E-state index in [1.54, 1.807) is 0 Å². The molecule has 5 nitrogen and oxygen atoms in total. The lowest BCUT2D eigenvalue weighted by atomic mass is 9.85. The summed E-state index contributed by atoms with van der Waals surface area (Å²) in [5.41, 5.74) is 1.04. The number of imide groups is 1. The lowest BCUT2D eigenvalue weighted by molar-refractivity contribution is -0.122. The second-order valence-corrected chi connectivity index (χ2v) is 6.52. The molecule has 2 amide bonds. The summed E-state index contributed by atoms with van der Waals surface area (Å²) in [6.45, 7) is 1.70. The smallest absolute Gasteiger partial charge is 0.239 e. The van der Waals surface area contributed by atoms with Gasteiger partial charge < -0.3 is 5.32 Å². The molecule has 0 aromatic carbocycles. The highest BCUT2D eigenvalue weighted by molar-refractivity contribution is 7.16. The highest BCUT2D eigenvalue weighted by Crippen LogP contribution is 2.39. The summed E-state index contributed by atoms with van der Waals surface area (Å²) in [5, 5.41) is 3.86. The Morgan fingerprint density at radius 2 is 1.90 bits per heavy atom. The molecule has 3 aliphatic rings. The van der Waals surface area contributed by atoms with Gasteiger partial charge in [0.05, 0.1) is 17.5 Å². The van der Waals surface area contributed by atoms with Crippen molar-refractivity contribution in [2.45, 2.75) is 25.8 Å². The molecule has 3 heterocycles. The van der Waals surface area contributed by atoms with Gasteiger partial charge in [0.15, 0.2) is 5.13 Å². The van der Waals surface area contributed by atoms with Crippen LogP contribution in [-0.2, 0) is 22.6 Å². The van der Waals surface area contributed by atoms with E-state index in [0.29, 0.717) is 18.0 Å². The molecule has 0 bridgehead atoms. The fraction of sp³-hybridized carbons (Fsp3) is 0.500. The van der Waals surface area contributed by atoms with Crippen LogP contribution in [0.25, 0.3) is 0 Å². The Kier molecular flexibility index (Phi) is 2.75. The number of nitrogens with zero attached hydrogens (tertiary/aromatic N) is 2. The molecule has 2 unspecified atom stereocenters. The molecule has 0 spiro atoms. The molecule has 1 aromatic heterocycles.